The molecular weight excluding hydrogens is 454 g/mol. The molecule has 0 aromatic heterocycles. The Hall–Kier alpha value is -2.48. The van der Waals surface area contributed by atoms with Gasteiger partial charge >= 0.3 is 0 Å². The van der Waals surface area contributed by atoms with Gasteiger partial charge in [0.05, 0.1) is 18.8 Å². The average Bonchev–Trinajstić information content (AvgIpc) is 3.54. The van der Waals surface area contributed by atoms with Crippen molar-refractivity contribution in [2.75, 3.05) is 13.2 Å². The smallest absolute Gasteiger partial charge is 0.249 e. The van der Waals surface area contributed by atoms with Crippen molar-refractivity contribution in [2.45, 2.75) is 74.5 Å². The van der Waals surface area contributed by atoms with Gasteiger partial charge in [0, 0.05) is 25.7 Å². The molecule has 188 valence electrons. The SMILES string of the molecule is Fc1ccc(C2CCC3(CC2)OC=CO3)cc1.OC1(c2ccc(F)cc2)CCC2(CC1)OCCO2. The summed E-state index contributed by atoms with van der Waals surface area (Å²) >= 11 is 0. The molecule has 0 unspecified atom stereocenters. The molecule has 7 heteroatoms. The van der Waals surface area contributed by atoms with Gasteiger partial charge in [-0.2, -0.15) is 0 Å². The number of hydrogen-bond acceptors (Lipinski definition) is 5. The second-order valence-electron chi connectivity index (χ2n) is 9.89. The molecule has 1 saturated heterocycles. The van der Waals surface area contributed by atoms with Crippen molar-refractivity contribution < 1.29 is 32.8 Å². The van der Waals surface area contributed by atoms with Gasteiger partial charge in [-0.15, -0.1) is 0 Å². The second kappa shape index (κ2) is 9.88. The summed E-state index contributed by atoms with van der Waals surface area (Å²) in [6.45, 7) is 1.27. The number of ether oxygens (including phenoxy) is 4. The van der Waals surface area contributed by atoms with Crippen molar-refractivity contribution in [3.8, 4) is 0 Å². The van der Waals surface area contributed by atoms with E-state index in [1.165, 1.54) is 29.8 Å². The van der Waals surface area contributed by atoms with E-state index in [4.69, 9.17) is 18.9 Å². The highest BCUT2D eigenvalue weighted by molar-refractivity contribution is 5.24. The largest absolute Gasteiger partial charge is 0.457 e. The molecule has 6 rings (SSSR count). The zero-order valence-corrected chi connectivity index (χ0v) is 19.8. The summed E-state index contributed by atoms with van der Waals surface area (Å²) < 4.78 is 48.1. The summed E-state index contributed by atoms with van der Waals surface area (Å²) in [5.41, 5.74) is 1.11. The summed E-state index contributed by atoms with van der Waals surface area (Å²) in [5.74, 6) is -0.846. The van der Waals surface area contributed by atoms with Crippen molar-refractivity contribution in [1.82, 2.24) is 0 Å². The van der Waals surface area contributed by atoms with Crippen molar-refractivity contribution in [1.29, 1.82) is 0 Å². The molecule has 4 aliphatic rings. The molecular formula is C28H32F2O5. The molecule has 5 nitrogen and oxygen atoms in total. The van der Waals surface area contributed by atoms with E-state index < -0.39 is 17.2 Å². The van der Waals surface area contributed by atoms with E-state index in [-0.39, 0.29) is 11.6 Å². The topological polar surface area (TPSA) is 57.2 Å². The summed E-state index contributed by atoms with van der Waals surface area (Å²) in [6.07, 6.45) is 9.60. The number of halogens is 2. The molecule has 0 bridgehead atoms. The van der Waals surface area contributed by atoms with Gasteiger partial charge in [0.15, 0.2) is 5.79 Å². The number of rotatable bonds is 2. The molecule has 0 atom stereocenters. The van der Waals surface area contributed by atoms with Gasteiger partial charge in [-0.25, -0.2) is 8.78 Å². The van der Waals surface area contributed by atoms with Crippen LogP contribution in [-0.2, 0) is 24.5 Å². The predicted octanol–water partition coefficient (Wildman–Crippen LogP) is 6.03. The lowest BCUT2D eigenvalue weighted by molar-refractivity contribution is -0.204. The van der Waals surface area contributed by atoms with Crippen LogP contribution >= 0.6 is 0 Å². The molecule has 2 saturated carbocycles. The highest BCUT2D eigenvalue weighted by Gasteiger charge is 2.46. The molecule has 2 aliphatic carbocycles. The standard InChI is InChI=1S/C14H17FO3.C14H15FO2/c15-12-3-1-11(2-4-12)13(16)5-7-14(8-6-13)17-9-10-18-14;15-13-3-1-11(2-4-13)12-5-7-14(8-6-12)16-9-10-17-14/h1-4,16H,5-10H2;1-4,9-10,12H,5-8H2. The molecule has 2 aromatic rings. The van der Waals surface area contributed by atoms with Crippen LogP contribution in [0.15, 0.2) is 61.1 Å². The van der Waals surface area contributed by atoms with Gasteiger partial charge in [-0.1, -0.05) is 24.3 Å². The van der Waals surface area contributed by atoms with E-state index in [1.54, 1.807) is 24.7 Å². The minimum absolute atomic E-state index is 0.173. The fraction of sp³-hybridized carbons (Fsp3) is 0.500. The van der Waals surface area contributed by atoms with Crippen LogP contribution in [0.1, 0.15) is 68.4 Å². The first-order valence-electron chi connectivity index (χ1n) is 12.4. The van der Waals surface area contributed by atoms with Crippen LogP contribution in [0, 0.1) is 11.6 Å². The zero-order chi connectivity index (χ0) is 24.4. The van der Waals surface area contributed by atoms with E-state index in [9.17, 15) is 13.9 Å². The zero-order valence-electron chi connectivity index (χ0n) is 19.8. The Balaban J connectivity index is 0.000000145. The minimum atomic E-state index is -0.881. The van der Waals surface area contributed by atoms with Crippen LogP contribution < -0.4 is 0 Å². The maximum atomic E-state index is 12.9. The summed E-state index contributed by atoms with van der Waals surface area (Å²) in [4.78, 5) is 0. The first-order valence-corrected chi connectivity index (χ1v) is 12.4. The van der Waals surface area contributed by atoms with E-state index in [2.05, 4.69) is 0 Å². The Morgan fingerprint density at radius 3 is 1.71 bits per heavy atom. The second-order valence-corrected chi connectivity index (χ2v) is 9.89. The molecule has 35 heavy (non-hydrogen) atoms. The number of aliphatic hydroxyl groups is 1. The lowest BCUT2D eigenvalue weighted by Crippen LogP contribution is -2.42. The lowest BCUT2D eigenvalue weighted by atomic mass is 9.77. The van der Waals surface area contributed by atoms with Crippen molar-refractivity contribution in [3.05, 3.63) is 83.8 Å². The number of benzene rings is 2. The quantitative estimate of drug-likeness (QED) is 0.562. The molecule has 1 N–H and O–H groups in total. The van der Waals surface area contributed by atoms with Gasteiger partial charge in [-0.3, -0.25) is 0 Å². The summed E-state index contributed by atoms with van der Waals surface area (Å²) in [5, 5.41) is 10.6. The maximum absolute atomic E-state index is 12.9. The third-order valence-corrected chi connectivity index (χ3v) is 7.74. The molecule has 2 aliphatic heterocycles. The van der Waals surface area contributed by atoms with Crippen LogP contribution in [0.4, 0.5) is 8.78 Å². The van der Waals surface area contributed by atoms with Gasteiger partial charge in [0.25, 0.3) is 0 Å². The summed E-state index contributed by atoms with van der Waals surface area (Å²) in [7, 11) is 0. The van der Waals surface area contributed by atoms with Crippen LogP contribution in [0.3, 0.4) is 0 Å². The Morgan fingerprint density at radius 2 is 1.17 bits per heavy atom. The number of hydrogen-bond donors (Lipinski definition) is 1. The van der Waals surface area contributed by atoms with E-state index in [0.717, 1.165) is 31.2 Å². The fourth-order valence-electron chi connectivity index (χ4n) is 5.57. The van der Waals surface area contributed by atoms with E-state index in [0.29, 0.717) is 44.8 Å². The van der Waals surface area contributed by atoms with Crippen molar-refractivity contribution in [2.24, 2.45) is 0 Å². The molecule has 0 radical (unpaired) electrons. The van der Waals surface area contributed by atoms with Crippen LogP contribution in [0.5, 0.6) is 0 Å². The van der Waals surface area contributed by atoms with Gasteiger partial charge in [0.1, 0.15) is 24.2 Å². The highest BCUT2D eigenvalue weighted by Crippen LogP contribution is 2.45. The van der Waals surface area contributed by atoms with Crippen LogP contribution in [0.2, 0.25) is 0 Å². The minimum Gasteiger partial charge on any atom is -0.457 e. The molecule has 0 amide bonds. The van der Waals surface area contributed by atoms with Crippen molar-refractivity contribution >= 4 is 0 Å². The molecule has 3 fully saturated rings. The Bertz CT molecular complexity index is 987. The Morgan fingerprint density at radius 1 is 0.657 bits per heavy atom. The fourth-order valence-corrected chi connectivity index (χ4v) is 5.57. The first kappa shape index (κ1) is 24.2. The van der Waals surface area contributed by atoms with E-state index >= 15 is 0 Å². The van der Waals surface area contributed by atoms with Gasteiger partial charge in [0.2, 0.25) is 5.79 Å². The van der Waals surface area contributed by atoms with Crippen LogP contribution in [-0.4, -0.2) is 29.9 Å². The predicted molar refractivity (Wildman–Crippen MR) is 125 cm³/mol. The third-order valence-electron chi connectivity index (χ3n) is 7.74. The normalized spacial score (nSPS) is 26.7. The van der Waals surface area contributed by atoms with Gasteiger partial charge < -0.3 is 24.1 Å². The van der Waals surface area contributed by atoms with Gasteiger partial charge in [-0.05, 0) is 67.0 Å². The molecule has 2 spiro atoms. The maximum Gasteiger partial charge on any atom is 0.249 e. The monoisotopic (exact) mass is 486 g/mol. The highest BCUT2D eigenvalue weighted by atomic mass is 19.1. The average molecular weight is 487 g/mol. The summed E-state index contributed by atoms with van der Waals surface area (Å²) in [6, 6.07) is 12.9. The Kier molecular flexibility index (Phi) is 6.84. The third kappa shape index (κ3) is 5.37. The molecule has 2 heterocycles. The lowest BCUT2D eigenvalue weighted by Gasteiger charge is -2.40. The molecule has 2 aromatic carbocycles. The van der Waals surface area contributed by atoms with E-state index in [1.807, 2.05) is 12.1 Å². The van der Waals surface area contributed by atoms with Crippen LogP contribution in [0.25, 0.3) is 0 Å². The first-order chi connectivity index (χ1) is 16.9. The van der Waals surface area contributed by atoms with Crippen molar-refractivity contribution in [3.63, 3.8) is 0 Å². The Labute approximate surface area is 204 Å².